The van der Waals surface area contributed by atoms with Crippen molar-refractivity contribution in [3.8, 4) is 22.8 Å². The summed E-state index contributed by atoms with van der Waals surface area (Å²) in [5.74, 6) is -0.377. The van der Waals surface area contributed by atoms with Crippen molar-refractivity contribution in [2.24, 2.45) is 0 Å². The number of anilines is 1. The van der Waals surface area contributed by atoms with Gasteiger partial charge in [-0.05, 0) is 30.3 Å². The first-order valence-corrected chi connectivity index (χ1v) is 10.7. The summed E-state index contributed by atoms with van der Waals surface area (Å²) in [6.45, 7) is -0.946. The normalized spacial score (nSPS) is 10.5. The third-order valence-corrected chi connectivity index (χ3v) is 5.60. The lowest BCUT2D eigenvalue weighted by Gasteiger charge is -2.09. The molecule has 0 saturated heterocycles. The maximum Gasteiger partial charge on any atom is 0.344 e. The largest absolute Gasteiger partial charge is 0.497 e. The van der Waals surface area contributed by atoms with E-state index in [1.165, 1.54) is 23.5 Å². The number of nitrogens with one attached hydrogen (secondary N) is 1. The lowest BCUT2D eigenvalue weighted by Crippen LogP contribution is -2.23. The second kappa shape index (κ2) is 10.7. The van der Waals surface area contributed by atoms with Crippen LogP contribution in [0, 0.1) is 0 Å². The van der Waals surface area contributed by atoms with Crippen molar-refractivity contribution in [1.82, 2.24) is 4.98 Å². The molecule has 7 nitrogen and oxygen atoms in total. The number of nitrogens with zero attached hydrogens (tertiary/aromatic N) is 1. The van der Waals surface area contributed by atoms with E-state index < -0.39 is 25.1 Å². The molecule has 0 aliphatic carbocycles. The summed E-state index contributed by atoms with van der Waals surface area (Å²) in [6.07, 6.45) is 0. The van der Waals surface area contributed by atoms with Crippen LogP contribution in [0.5, 0.6) is 11.5 Å². The highest BCUT2D eigenvalue weighted by Gasteiger charge is 2.13. The first-order chi connectivity index (χ1) is 14.9. The van der Waals surface area contributed by atoms with E-state index in [-0.39, 0.29) is 20.8 Å². The minimum absolute atomic E-state index is 0.173. The van der Waals surface area contributed by atoms with Gasteiger partial charge < -0.3 is 14.2 Å². The van der Waals surface area contributed by atoms with Crippen molar-refractivity contribution in [1.29, 1.82) is 0 Å². The first-order valence-electron chi connectivity index (χ1n) is 8.68. The van der Waals surface area contributed by atoms with Gasteiger partial charge in [-0.1, -0.05) is 34.8 Å². The number of benzene rings is 2. The van der Waals surface area contributed by atoms with Crippen molar-refractivity contribution < 1.29 is 23.8 Å². The van der Waals surface area contributed by atoms with E-state index in [1.807, 2.05) is 24.3 Å². The molecule has 162 valence electrons. The highest BCUT2D eigenvalue weighted by molar-refractivity contribution is 7.14. The van der Waals surface area contributed by atoms with Crippen LogP contribution in [0.1, 0.15) is 0 Å². The number of esters is 1. The molecule has 0 radical (unpaired) electrons. The Morgan fingerprint density at radius 3 is 2.45 bits per heavy atom. The fourth-order valence-electron chi connectivity index (χ4n) is 2.32. The van der Waals surface area contributed by atoms with E-state index in [2.05, 4.69) is 10.3 Å². The summed E-state index contributed by atoms with van der Waals surface area (Å²) >= 11 is 18.9. The van der Waals surface area contributed by atoms with Crippen LogP contribution in [-0.2, 0) is 14.3 Å². The van der Waals surface area contributed by atoms with Gasteiger partial charge in [-0.2, -0.15) is 0 Å². The maximum absolute atomic E-state index is 12.0. The number of aromatic nitrogens is 1. The number of ether oxygens (including phenoxy) is 3. The zero-order valence-electron chi connectivity index (χ0n) is 16.0. The molecule has 1 aromatic heterocycles. The third-order valence-electron chi connectivity index (χ3n) is 3.82. The number of methoxy groups -OCH3 is 1. The van der Waals surface area contributed by atoms with Crippen LogP contribution in [0.3, 0.4) is 0 Å². The maximum atomic E-state index is 12.0. The van der Waals surface area contributed by atoms with Crippen LogP contribution in [0.2, 0.25) is 15.1 Å². The van der Waals surface area contributed by atoms with Gasteiger partial charge in [0.1, 0.15) is 11.5 Å². The lowest BCUT2D eigenvalue weighted by atomic mass is 10.2. The first kappa shape index (κ1) is 23.1. The van der Waals surface area contributed by atoms with E-state index in [4.69, 9.17) is 49.0 Å². The third kappa shape index (κ3) is 6.48. The average molecular weight is 502 g/mol. The Labute approximate surface area is 196 Å². The Bertz CT molecular complexity index is 1090. The standard InChI is InChI=1S/C20H15Cl3N2O5S/c1-28-12-4-2-11(3-5-12)16-10-31-20(24-16)25-18(26)8-30-19(27)9-29-17-7-14(22)13(21)6-15(17)23/h2-7,10H,8-9H2,1H3,(H,24,25,26). The fraction of sp³-hybridized carbons (Fsp3) is 0.150. The molecule has 1 heterocycles. The van der Waals surface area contributed by atoms with Gasteiger partial charge in [-0.15, -0.1) is 11.3 Å². The highest BCUT2D eigenvalue weighted by atomic mass is 35.5. The number of hydrogen-bond donors (Lipinski definition) is 1. The summed E-state index contributed by atoms with van der Waals surface area (Å²) in [6, 6.07) is 10.1. The van der Waals surface area contributed by atoms with Crippen LogP contribution < -0.4 is 14.8 Å². The predicted octanol–water partition coefficient (Wildman–Crippen LogP) is 5.34. The molecule has 2 aromatic carbocycles. The van der Waals surface area contributed by atoms with Crippen molar-refractivity contribution in [2.75, 3.05) is 25.6 Å². The summed E-state index contributed by atoms with van der Waals surface area (Å²) in [5.41, 5.74) is 1.58. The molecule has 0 saturated carbocycles. The molecular formula is C20H15Cl3N2O5S. The highest BCUT2D eigenvalue weighted by Crippen LogP contribution is 2.33. The van der Waals surface area contributed by atoms with Gasteiger partial charge in [0, 0.05) is 17.0 Å². The molecule has 0 fully saturated rings. The Morgan fingerprint density at radius 1 is 1.03 bits per heavy atom. The summed E-state index contributed by atoms with van der Waals surface area (Å²) in [5, 5.41) is 5.44. The van der Waals surface area contributed by atoms with E-state index in [0.29, 0.717) is 10.8 Å². The molecule has 3 rings (SSSR count). The smallest absolute Gasteiger partial charge is 0.344 e. The van der Waals surface area contributed by atoms with E-state index in [1.54, 1.807) is 12.5 Å². The Kier molecular flexibility index (Phi) is 7.97. The minimum Gasteiger partial charge on any atom is -0.497 e. The Balaban J connectivity index is 1.46. The molecule has 0 unspecified atom stereocenters. The second-order valence-corrected chi connectivity index (χ2v) is 8.04. The molecule has 1 amide bonds. The number of rotatable bonds is 8. The van der Waals surface area contributed by atoms with Gasteiger partial charge >= 0.3 is 5.97 Å². The van der Waals surface area contributed by atoms with Gasteiger partial charge in [0.15, 0.2) is 18.3 Å². The van der Waals surface area contributed by atoms with E-state index in [9.17, 15) is 9.59 Å². The van der Waals surface area contributed by atoms with Crippen LogP contribution in [0.4, 0.5) is 5.13 Å². The monoisotopic (exact) mass is 500 g/mol. The van der Waals surface area contributed by atoms with Crippen LogP contribution in [-0.4, -0.2) is 37.2 Å². The summed E-state index contributed by atoms with van der Waals surface area (Å²) in [4.78, 5) is 28.2. The minimum atomic E-state index is -0.754. The van der Waals surface area contributed by atoms with E-state index in [0.717, 1.165) is 11.3 Å². The Morgan fingerprint density at radius 2 is 1.74 bits per heavy atom. The van der Waals surface area contributed by atoms with E-state index >= 15 is 0 Å². The molecular weight excluding hydrogens is 487 g/mol. The van der Waals surface area contributed by atoms with Crippen LogP contribution >= 0.6 is 46.1 Å². The molecule has 1 N–H and O–H groups in total. The summed E-state index contributed by atoms with van der Waals surface area (Å²) < 4.78 is 15.3. The second-order valence-electron chi connectivity index (χ2n) is 5.96. The average Bonchev–Trinajstić information content (AvgIpc) is 3.22. The molecule has 0 atom stereocenters. The zero-order chi connectivity index (χ0) is 22.4. The van der Waals surface area contributed by atoms with Gasteiger partial charge in [0.25, 0.3) is 5.91 Å². The van der Waals surface area contributed by atoms with Gasteiger partial charge in [0.2, 0.25) is 0 Å². The topological polar surface area (TPSA) is 86.8 Å². The number of carbonyl (C=O) groups excluding carboxylic acids is 2. The van der Waals surface area contributed by atoms with Crippen LogP contribution in [0.25, 0.3) is 11.3 Å². The van der Waals surface area contributed by atoms with Crippen LogP contribution in [0.15, 0.2) is 41.8 Å². The molecule has 0 aliphatic rings. The van der Waals surface area contributed by atoms with Gasteiger partial charge in [-0.3, -0.25) is 10.1 Å². The summed E-state index contributed by atoms with van der Waals surface area (Å²) in [7, 11) is 1.59. The molecule has 31 heavy (non-hydrogen) atoms. The lowest BCUT2D eigenvalue weighted by molar-refractivity contribution is -0.149. The fourth-order valence-corrected chi connectivity index (χ4v) is 3.65. The molecule has 0 spiro atoms. The van der Waals surface area contributed by atoms with Gasteiger partial charge in [0.05, 0.1) is 27.9 Å². The molecule has 11 heteroatoms. The SMILES string of the molecule is COc1ccc(-c2csc(NC(=O)COC(=O)COc3cc(Cl)c(Cl)cc3Cl)n2)cc1. The Hall–Kier alpha value is -2.52. The number of amides is 1. The zero-order valence-corrected chi connectivity index (χ0v) is 19.1. The number of carbonyl (C=O) groups is 2. The van der Waals surface area contributed by atoms with Crippen molar-refractivity contribution >= 4 is 63.1 Å². The number of halogens is 3. The van der Waals surface area contributed by atoms with Crippen molar-refractivity contribution in [2.45, 2.75) is 0 Å². The number of hydrogen-bond acceptors (Lipinski definition) is 7. The predicted molar refractivity (Wildman–Crippen MR) is 121 cm³/mol. The van der Waals surface area contributed by atoms with Crippen molar-refractivity contribution in [3.05, 3.63) is 56.8 Å². The quantitative estimate of drug-likeness (QED) is 0.331. The number of thiazole rings is 1. The molecule has 3 aromatic rings. The van der Waals surface area contributed by atoms with Gasteiger partial charge in [-0.25, -0.2) is 9.78 Å². The van der Waals surface area contributed by atoms with Crippen molar-refractivity contribution in [3.63, 3.8) is 0 Å². The molecule has 0 bridgehead atoms. The molecule has 0 aliphatic heterocycles.